The zero-order valence-corrected chi connectivity index (χ0v) is 13.6. The van der Waals surface area contributed by atoms with Crippen LogP contribution in [0.3, 0.4) is 0 Å². The van der Waals surface area contributed by atoms with Gasteiger partial charge in [-0.2, -0.15) is 5.10 Å². The molecular formula is C16H17N5OS. The Morgan fingerprint density at radius 1 is 1.26 bits per heavy atom. The molecule has 0 radical (unpaired) electrons. The predicted molar refractivity (Wildman–Crippen MR) is 91.1 cm³/mol. The topological polar surface area (TPSA) is 65.1 Å². The van der Waals surface area contributed by atoms with Crippen LogP contribution in [-0.4, -0.2) is 52.2 Å². The summed E-state index contributed by atoms with van der Waals surface area (Å²) in [5, 5.41) is 11.1. The largest absolute Gasteiger partial charge is 0.345 e. The van der Waals surface area contributed by atoms with Gasteiger partial charge in [0.15, 0.2) is 10.8 Å². The molecule has 0 spiro atoms. The highest BCUT2D eigenvalue weighted by Crippen LogP contribution is 2.22. The monoisotopic (exact) mass is 327 g/mol. The van der Waals surface area contributed by atoms with Gasteiger partial charge in [-0.3, -0.25) is 9.89 Å². The smallest absolute Gasteiger partial charge is 0.275 e. The maximum atomic E-state index is 12.8. The third-order valence-electron chi connectivity index (χ3n) is 4.18. The van der Waals surface area contributed by atoms with Crippen LogP contribution in [0.1, 0.15) is 16.1 Å². The summed E-state index contributed by atoms with van der Waals surface area (Å²) >= 11 is 1.63. The number of aromatic amines is 1. The van der Waals surface area contributed by atoms with Gasteiger partial charge in [0, 0.05) is 43.1 Å². The van der Waals surface area contributed by atoms with Crippen molar-refractivity contribution in [1.29, 1.82) is 0 Å². The number of rotatable bonds is 2. The molecule has 0 saturated carbocycles. The fourth-order valence-electron chi connectivity index (χ4n) is 2.91. The van der Waals surface area contributed by atoms with E-state index < -0.39 is 0 Å². The quantitative estimate of drug-likeness (QED) is 0.784. The van der Waals surface area contributed by atoms with E-state index in [1.165, 1.54) is 0 Å². The van der Waals surface area contributed by atoms with Gasteiger partial charge in [0.2, 0.25) is 0 Å². The van der Waals surface area contributed by atoms with E-state index >= 15 is 0 Å². The van der Waals surface area contributed by atoms with E-state index in [1.54, 1.807) is 11.3 Å². The number of nitrogens with zero attached hydrogens (tertiary/aromatic N) is 4. The lowest BCUT2D eigenvalue weighted by Crippen LogP contribution is -2.48. The zero-order valence-electron chi connectivity index (χ0n) is 12.8. The number of carbonyl (C=O) groups is 1. The number of carbonyl (C=O) groups excluding carboxylic acids is 1. The maximum absolute atomic E-state index is 12.8. The van der Waals surface area contributed by atoms with Crippen molar-refractivity contribution in [3.63, 3.8) is 0 Å². The number of aromatic nitrogens is 3. The Morgan fingerprint density at radius 2 is 2.09 bits per heavy atom. The third kappa shape index (κ3) is 2.57. The van der Waals surface area contributed by atoms with Crippen molar-refractivity contribution in [3.8, 4) is 0 Å². The fraction of sp³-hybridized carbons (Fsp3) is 0.312. The average Bonchev–Trinajstić information content (AvgIpc) is 3.24. The molecule has 2 aromatic heterocycles. The van der Waals surface area contributed by atoms with E-state index in [-0.39, 0.29) is 5.91 Å². The first-order chi connectivity index (χ1) is 11.2. The van der Waals surface area contributed by atoms with Crippen molar-refractivity contribution >= 4 is 33.3 Å². The van der Waals surface area contributed by atoms with Crippen molar-refractivity contribution in [2.24, 2.45) is 0 Å². The van der Waals surface area contributed by atoms with Crippen LogP contribution in [0.25, 0.3) is 10.9 Å². The van der Waals surface area contributed by atoms with Gasteiger partial charge >= 0.3 is 0 Å². The molecule has 1 fully saturated rings. The van der Waals surface area contributed by atoms with E-state index in [1.807, 2.05) is 41.6 Å². The third-order valence-corrected chi connectivity index (χ3v) is 5.01. The van der Waals surface area contributed by atoms with E-state index in [2.05, 4.69) is 20.1 Å². The molecular weight excluding hydrogens is 310 g/mol. The van der Waals surface area contributed by atoms with Crippen molar-refractivity contribution in [2.75, 3.05) is 31.1 Å². The highest BCUT2D eigenvalue weighted by atomic mass is 32.1. The first-order valence-corrected chi connectivity index (χ1v) is 8.49. The molecule has 1 aromatic carbocycles. The van der Waals surface area contributed by atoms with Crippen LogP contribution < -0.4 is 4.90 Å². The summed E-state index contributed by atoms with van der Waals surface area (Å²) < 4.78 is 0. The lowest BCUT2D eigenvalue weighted by Gasteiger charge is -2.34. The van der Waals surface area contributed by atoms with Gasteiger partial charge in [0.1, 0.15) is 0 Å². The molecule has 7 heteroatoms. The summed E-state index contributed by atoms with van der Waals surface area (Å²) in [6.45, 7) is 5.02. The van der Waals surface area contributed by atoms with Crippen LogP contribution in [-0.2, 0) is 0 Å². The van der Waals surface area contributed by atoms with Crippen LogP contribution in [0.15, 0.2) is 29.8 Å². The Morgan fingerprint density at radius 3 is 2.83 bits per heavy atom. The summed E-state index contributed by atoms with van der Waals surface area (Å²) in [5.41, 5.74) is 2.55. The van der Waals surface area contributed by atoms with E-state index in [0.717, 1.165) is 34.7 Å². The normalized spacial score (nSPS) is 15.3. The summed E-state index contributed by atoms with van der Waals surface area (Å²) in [4.78, 5) is 21.2. The van der Waals surface area contributed by atoms with Crippen LogP contribution in [0.5, 0.6) is 0 Å². The molecule has 4 rings (SSSR count). The molecule has 3 aromatic rings. The Kier molecular flexibility index (Phi) is 3.49. The molecule has 1 amide bonds. The number of thiazole rings is 1. The lowest BCUT2D eigenvalue weighted by atomic mass is 10.1. The fourth-order valence-corrected chi connectivity index (χ4v) is 3.61. The summed E-state index contributed by atoms with van der Waals surface area (Å²) in [6, 6.07) is 5.99. The first kappa shape index (κ1) is 14.2. The molecule has 3 heterocycles. The Balaban J connectivity index is 1.52. The number of piperazine rings is 1. The minimum absolute atomic E-state index is 0.000591. The van der Waals surface area contributed by atoms with Crippen molar-refractivity contribution in [1.82, 2.24) is 20.1 Å². The Bertz CT molecular complexity index is 833. The van der Waals surface area contributed by atoms with Crippen LogP contribution in [0.4, 0.5) is 5.13 Å². The minimum atomic E-state index is 0.000591. The zero-order chi connectivity index (χ0) is 15.8. The second-order valence-corrected chi connectivity index (χ2v) is 6.59. The molecule has 6 nitrogen and oxygen atoms in total. The first-order valence-electron chi connectivity index (χ1n) is 7.61. The van der Waals surface area contributed by atoms with Gasteiger partial charge in [-0.15, -0.1) is 11.3 Å². The molecule has 1 aliphatic heterocycles. The van der Waals surface area contributed by atoms with Crippen molar-refractivity contribution < 1.29 is 4.79 Å². The summed E-state index contributed by atoms with van der Waals surface area (Å²) in [7, 11) is 0. The molecule has 0 unspecified atom stereocenters. The lowest BCUT2D eigenvalue weighted by molar-refractivity contribution is 0.0742. The van der Waals surface area contributed by atoms with E-state index in [0.29, 0.717) is 18.8 Å². The molecule has 23 heavy (non-hydrogen) atoms. The highest BCUT2D eigenvalue weighted by Gasteiger charge is 2.25. The Labute approximate surface area is 137 Å². The number of hydrogen-bond acceptors (Lipinski definition) is 5. The summed E-state index contributed by atoms with van der Waals surface area (Å²) in [6.07, 6.45) is 1.82. The molecule has 0 bridgehead atoms. The van der Waals surface area contributed by atoms with Gasteiger partial charge in [-0.25, -0.2) is 4.98 Å². The predicted octanol–water partition coefficient (Wildman–Crippen LogP) is 2.29. The number of benzene rings is 1. The van der Waals surface area contributed by atoms with Gasteiger partial charge in [0.25, 0.3) is 5.91 Å². The molecule has 1 aliphatic rings. The number of H-pyrrole nitrogens is 1. The van der Waals surface area contributed by atoms with E-state index in [4.69, 9.17) is 0 Å². The van der Waals surface area contributed by atoms with Crippen molar-refractivity contribution in [2.45, 2.75) is 6.92 Å². The van der Waals surface area contributed by atoms with E-state index in [9.17, 15) is 4.79 Å². The number of hydrogen-bond donors (Lipinski definition) is 1. The number of fused-ring (bicyclic) bond motifs is 1. The van der Waals surface area contributed by atoms with Gasteiger partial charge < -0.3 is 9.80 Å². The molecule has 1 saturated heterocycles. The number of anilines is 1. The Hall–Kier alpha value is -2.41. The number of aryl methyl sites for hydroxylation is 1. The number of amides is 1. The molecule has 1 N–H and O–H groups in total. The second-order valence-electron chi connectivity index (χ2n) is 5.72. The van der Waals surface area contributed by atoms with Crippen LogP contribution in [0.2, 0.25) is 0 Å². The van der Waals surface area contributed by atoms with Crippen LogP contribution in [0, 0.1) is 6.92 Å². The van der Waals surface area contributed by atoms with Crippen LogP contribution >= 0.6 is 11.3 Å². The minimum Gasteiger partial charge on any atom is -0.345 e. The highest BCUT2D eigenvalue weighted by molar-refractivity contribution is 7.13. The molecule has 0 aliphatic carbocycles. The molecule has 0 atom stereocenters. The van der Waals surface area contributed by atoms with Gasteiger partial charge in [-0.05, 0) is 19.1 Å². The van der Waals surface area contributed by atoms with Gasteiger partial charge in [-0.1, -0.05) is 11.6 Å². The summed E-state index contributed by atoms with van der Waals surface area (Å²) in [5.74, 6) is 0.000591. The van der Waals surface area contributed by atoms with Crippen molar-refractivity contribution in [3.05, 3.63) is 41.0 Å². The molecule has 118 valence electrons. The maximum Gasteiger partial charge on any atom is 0.275 e. The second kappa shape index (κ2) is 5.66. The SMILES string of the molecule is Cc1ccc2[nH]nc(C(=O)N3CCN(c4nccs4)CC3)c2c1. The van der Waals surface area contributed by atoms with Gasteiger partial charge in [0.05, 0.1) is 5.52 Å². The average molecular weight is 327 g/mol. The number of nitrogens with one attached hydrogen (secondary N) is 1. The standard InChI is InChI=1S/C16H17N5OS/c1-11-2-3-13-12(10-11)14(19-18-13)15(22)20-5-7-21(8-6-20)16-17-4-9-23-16/h2-4,9-10H,5-8H2,1H3,(H,18,19).